The zero-order valence-corrected chi connectivity index (χ0v) is 18.3. The number of hydrogen-bond donors (Lipinski definition) is 1. The highest BCUT2D eigenvalue weighted by Crippen LogP contribution is 2.37. The Morgan fingerprint density at radius 1 is 1.15 bits per heavy atom. The summed E-state index contributed by atoms with van der Waals surface area (Å²) in [6.07, 6.45) is 4.07. The molecule has 1 aromatic carbocycles. The molecule has 4 aliphatic rings. The van der Waals surface area contributed by atoms with E-state index in [4.69, 9.17) is 9.47 Å². The third kappa shape index (κ3) is 3.64. The predicted octanol–water partition coefficient (Wildman–Crippen LogP) is 2.33. The van der Waals surface area contributed by atoms with E-state index in [9.17, 15) is 27.6 Å². The molecule has 0 radical (unpaired) electrons. The van der Waals surface area contributed by atoms with Crippen molar-refractivity contribution in [2.45, 2.75) is 57.1 Å². The van der Waals surface area contributed by atoms with Crippen LogP contribution in [0.2, 0.25) is 0 Å². The minimum absolute atomic E-state index is 0.00767. The molecular weight excluding hydrogens is 455 g/mol. The van der Waals surface area contributed by atoms with Crippen LogP contribution < -0.4 is 15.5 Å². The van der Waals surface area contributed by atoms with Crippen molar-refractivity contribution in [3.05, 3.63) is 62.8 Å². The number of halogens is 3. The molecule has 2 aromatic rings. The van der Waals surface area contributed by atoms with E-state index in [1.54, 1.807) is 4.90 Å². The van der Waals surface area contributed by atoms with Crippen LogP contribution >= 0.6 is 0 Å². The molecule has 2 bridgehead atoms. The molecule has 3 aliphatic heterocycles. The number of benzene rings is 1. The van der Waals surface area contributed by atoms with Crippen LogP contribution in [0.4, 0.5) is 13.2 Å². The van der Waals surface area contributed by atoms with Gasteiger partial charge in [0, 0.05) is 36.5 Å². The van der Waals surface area contributed by atoms with Crippen LogP contribution in [0.25, 0.3) is 0 Å². The Morgan fingerprint density at radius 2 is 1.82 bits per heavy atom. The third-order valence-electron chi connectivity index (χ3n) is 6.71. The molecule has 1 N–H and O–H groups in total. The maximum atomic E-state index is 13.9. The first-order valence-corrected chi connectivity index (χ1v) is 11.0. The number of fused-ring (bicyclic) bond motifs is 3. The van der Waals surface area contributed by atoms with E-state index in [0.717, 1.165) is 25.7 Å². The first-order valence-electron chi connectivity index (χ1n) is 11.0. The molecule has 3 fully saturated rings. The van der Waals surface area contributed by atoms with Crippen molar-refractivity contribution in [1.82, 2.24) is 14.8 Å². The van der Waals surface area contributed by atoms with Crippen molar-refractivity contribution >= 4 is 11.8 Å². The highest BCUT2D eigenvalue weighted by atomic mass is 19.1. The van der Waals surface area contributed by atoms with Crippen LogP contribution in [-0.4, -0.2) is 46.8 Å². The molecule has 4 heterocycles. The lowest BCUT2D eigenvalue weighted by molar-refractivity contribution is -0.0799. The molecule has 1 atom stereocenters. The van der Waals surface area contributed by atoms with E-state index in [-0.39, 0.29) is 35.7 Å². The van der Waals surface area contributed by atoms with Gasteiger partial charge in [0.05, 0.1) is 19.8 Å². The van der Waals surface area contributed by atoms with Crippen LogP contribution in [0.5, 0.6) is 5.75 Å². The number of pyridine rings is 1. The quantitative estimate of drug-likeness (QED) is 0.730. The highest BCUT2D eigenvalue weighted by molar-refractivity contribution is 5.99. The van der Waals surface area contributed by atoms with Crippen molar-refractivity contribution in [3.8, 4) is 5.75 Å². The zero-order valence-electron chi connectivity index (χ0n) is 18.3. The summed E-state index contributed by atoms with van der Waals surface area (Å²) in [5, 5.41) is 2.28. The summed E-state index contributed by atoms with van der Waals surface area (Å²) < 4.78 is 53.8. The Kier molecular flexibility index (Phi) is 5.59. The van der Waals surface area contributed by atoms with Crippen LogP contribution in [0.3, 0.4) is 0 Å². The molecule has 0 spiro atoms. The van der Waals surface area contributed by atoms with Crippen molar-refractivity contribution in [1.29, 1.82) is 0 Å². The molecule has 34 heavy (non-hydrogen) atoms. The van der Waals surface area contributed by atoms with E-state index in [2.05, 4.69) is 5.32 Å². The van der Waals surface area contributed by atoms with E-state index in [0.29, 0.717) is 12.1 Å². The Bertz CT molecular complexity index is 1220. The molecule has 0 unspecified atom stereocenters. The van der Waals surface area contributed by atoms with Gasteiger partial charge in [0.25, 0.3) is 11.8 Å². The van der Waals surface area contributed by atoms with Crippen LogP contribution in [0, 0.1) is 17.5 Å². The van der Waals surface area contributed by atoms with Gasteiger partial charge in [-0.15, -0.1) is 0 Å². The van der Waals surface area contributed by atoms with Gasteiger partial charge in [0.15, 0.2) is 17.7 Å². The number of aromatic nitrogens is 1. The average molecular weight is 477 g/mol. The lowest BCUT2D eigenvalue weighted by Gasteiger charge is -2.39. The second-order valence-corrected chi connectivity index (χ2v) is 8.67. The second kappa shape index (κ2) is 8.46. The Morgan fingerprint density at radius 3 is 2.47 bits per heavy atom. The first kappa shape index (κ1) is 22.5. The standard InChI is InChI=1S/C23H22F3N3O5/c1-33-21-19-23(32)29-12-2-4-13(5-3-12)34-18(29)10-28(19)9-15(20(21)30)22(31)27-8-14-16(25)6-11(24)7-17(14)26/h6-7,9,12-13,18H,2-5,8,10H2,1H3,(H,27,31)/t12?,13?,18-/m1/s1. The van der Waals surface area contributed by atoms with Crippen molar-refractivity contribution in [2.24, 2.45) is 0 Å². The Hall–Kier alpha value is -3.34. The fourth-order valence-electron chi connectivity index (χ4n) is 5.06. The number of carbonyl (C=O) groups excluding carboxylic acids is 2. The Labute approximate surface area is 192 Å². The van der Waals surface area contributed by atoms with Crippen molar-refractivity contribution in [2.75, 3.05) is 7.11 Å². The van der Waals surface area contributed by atoms with Crippen LogP contribution in [-0.2, 0) is 17.8 Å². The van der Waals surface area contributed by atoms with Crippen LogP contribution in [0.15, 0.2) is 23.1 Å². The number of rotatable bonds is 4. The SMILES string of the molecule is COc1c2n(cc(C(=O)NCc3c(F)cc(F)cc3F)c1=O)C[C@H]1OC3CCC(CC3)N1C2=O. The molecule has 6 rings (SSSR count). The number of amides is 2. The summed E-state index contributed by atoms with van der Waals surface area (Å²) in [6.45, 7) is -0.408. The number of nitrogens with zero attached hydrogens (tertiary/aromatic N) is 2. The predicted molar refractivity (Wildman–Crippen MR) is 112 cm³/mol. The summed E-state index contributed by atoms with van der Waals surface area (Å²) in [7, 11) is 1.23. The summed E-state index contributed by atoms with van der Waals surface area (Å²) in [6, 6.07) is 1.00. The zero-order chi connectivity index (χ0) is 24.1. The smallest absolute Gasteiger partial charge is 0.276 e. The maximum Gasteiger partial charge on any atom is 0.276 e. The van der Waals surface area contributed by atoms with E-state index < -0.39 is 53.0 Å². The normalized spacial score (nSPS) is 23.2. The Balaban J connectivity index is 1.47. The maximum absolute atomic E-state index is 13.9. The molecule has 8 nitrogen and oxygen atoms in total. The summed E-state index contributed by atoms with van der Waals surface area (Å²) in [4.78, 5) is 40.9. The first-order chi connectivity index (χ1) is 16.3. The average Bonchev–Trinajstić information content (AvgIpc) is 3.07. The summed E-state index contributed by atoms with van der Waals surface area (Å²) in [5.41, 5.74) is -1.70. The minimum Gasteiger partial charge on any atom is -0.491 e. The molecule has 2 saturated heterocycles. The monoisotopic (exact) mass is 477 g/mol. The molecule has 1 aromatic heterocycles. The third-order valence-corrected chi connectivity index (χ3v) is 6.71. The lowest BCUT2D eigenvalue weighted by Crippen LogP contribution is -2.53. The van der Waals surface area contributed by atoms with Gasteiger partial charge in [-0.05, 0) is 25.7 Å². The molecule has 11 heteroatoms. The fourth-order valence-corrected chi connectivity index (χ4v) is 5.06. The number of carbonyl (C=O) groups is 2. The van der Waals surface area contributed by atoms with E-state index >= 15 is 0 Å². The lowest BCUT2D eigenvalue weighted by atomic mass is 9.92. The largest absolute Gasteiger partial charge is 0.491 e. The van der Waals surface area contributed by atoms with Gasteiger partial charge in [-0.25, -0.2) is 13.2 Å². The van der Waals surface area contributed by atoms with Gasteiger partial charge in [0.2, 0.25) is 5.43 Å². The highest BCUT2D eigenvalue weighted by Gasteiger charge is 2.45. The van der Waals surface area contributed by atoms with Crippen molar-refractivity contribution < 1.29 is 32.2 Å². The van der Waals surface area contributed by atoms with E-state index in [1.807, 2.05) is 0 Å². The molecular formula is C23H22F3N3O5. The minimum atomic E-state index is -1.16. The molecule has 2 amide bonds. The number of hydrogen-bond acceptors (Lipinski definition) is 5. The number of ether oxygens (including phenoxy) is 2. The van der Waals surface area contributed by atoms with Gasteiger partial charge in [-0.3, -0.25) is 14.4 Å². The van der Waals surface area contributed by atoms with Gasteiger partial charge in [0.1, 0.15) is 23.0 Å². The van der Waals surface area contributed by atoms with Gasteiger partial charge >= 0.3 is 0 Å². The second-order valence-electron chi connectivity index (χ2n) is 8.67. The van der Waals surface area contributed by atoms with Gasteiger partial charge in [-0.2, -0.15) is 0 Å². The van der Waals surface area contributed by atoms with Crippen LogP contribution in [0.1, 0.15) is 52.1 Å². The molecule has 1 saturated carbocycles. The van der Waals surface area contributed by atoms with E-state index in [1.165, 1.54) is 17.9 Å². The fraction of sp³-hybridized carbons (Fsp3) is 0.435. The summed E-state index contributed by atoms with van der Waals surface area (Å²) in [5.74, 6) is -5.02. The molecule has 180 valence electrons. The summed E-state index contributed by atoms with van der Waals surface area (Å²) >= 11 is 0. The van der Waals surface area contributed by atoms with Crippen molar-refractivity contribution in [3.63, 3.8) is 0 Å². The van der Waals surface area contributed by atoms with Gasteiger partial charge in [-0.1, -0.05) is 0 Å². The molecule has 1 aliphatic carbocycles. The topological polar surface area (TPSA) is 89.9 Å². The van der Waals surface area contributed by atoms with Gasteiger partial charge < -0.3 is 24.3 Å². The number of nitrogens with one attached hydrogen (secondary N) is 1. The number of methoxy groups -OCH3 is 1.